The number of hydrogen-bond donors (Lipinski definition) is 3. The van der Waals surface area contributed by atoms with E-state index in [9.17, 15) is 9.00 Å². The maximum Gasteiger partial charge on any atom is 0.241 e. The molecule has 2 aromatic carbocycles. The van der Waals surface area contributed by atoms with E-state index in [1.807, 2.05) is 28.6 Å². The molecule has 10 heteroatoms. The first-order valence-electron chi connectivity index (χ1n) is 15.3. The normalized spacial score (nSPS) is 28.7. The van der Waals surface area contributed by atoms with Crippen LogP contribution in [0.1, 0.15) is 62.0 Å². The zero-order chi connectivity index (χ0) is 30.3. The Balaban J connectivity index is 1.34. The first-order valence-corrected chi connectivity index (χ1v) is 17.0. The van der Waals surface area contributed by atoms with Crippen LogP contribution >= 0.6 is 11.6 Å². The Labute approximate surface area is 262 Å². The fourth-order valence-electron chi connectivity index (χ4n) is 6.79. The molecule has 7 nitrogen and oxygen atoms in total. The van der Waals surface area contributed by atoms with Gasteiger partial charge >= 0.3 is 0 Å². The van der Waals surface area contributed by atoms with Gasteiger partial charge in [-0.15, -0.1) is 0 Å². The van der Waals surface area contributed by atoms with Crippen LogP contribution in [0.4, 0.5) is 10.1 Å². The fourth-order valence-corrected chi connectivity index (χ4v) is 8.29. The van der Waals surface area contributed by atoms with Crippen molar-refractivity contribution in [1.82, 2.24) is 9.62 Å². The third kappa shape index (κ3) is 8.05. The average molecular weight is 629 g/mol. The summed E-state index contributed by atoms with van der Waals surface area (Å²) in [7, 11) is 0.585. The number of halogens is 2. The van der Waals surface area contributed by atoms with Crippen molar-refractivity contribution in [3.05, 3.63) is 64.4 Å². The molecule has 3 aliphatic heterocycles. The van der Waals surface area contributed by atoms with Gasteiger partial charge in [-0.25, -0.2) is 12.9 Å². The lowest BCUT2D eigenvalue weighted by Gasteiger charge is -2.37. The summed E-state index contributed by atoms with van der Waals surface area (Å²) >= 11 is 6.18. The van der Waals surface area contributed by atoms with E-state index in [1.165, 1.54) is 6.07 Å². The summed E-state index contributed by atoms with van der Waals surface area (Å²) < 4.78 is 36.0. The van der Waals surface area contributed by atoms with Crippen molar-refractivity contribution in [2.45, 2.75) is 81.5 Å². The summed E-state index contributed by atoms with van der Waals surface area (Å²) in [6.45, 7) is 1.06. The van der Waals surface area contributed by atoms with Gasteiger partial charge in [0.1, 0.15) is 5.82 Å². The molecule has 2 aromatic rings. The van der Waals surface area contributed by atoms with Crippen LogP contribution in [-0.4, -0.2) is 64.6 Å². The second-order valence-corrected chi connectivity index (χ2v) is 13.8. The Morgan fingerprint density at radius 3 is 2.84 bits per heavy atom. The minimum atomic E-state index is -1.14. The number of carbonyl (C=O) groups is 1. The minimum absolute atomic E-state index is 0.0734. The molecule has 0 aromatic heterocycles. The predicted molar refractivity (Wildman–Crippen MR) is 171 cm³/mol. The number of anilines is 1. The van der Waals surface area contributed by atoms with Crippen molar-refractivity contribution < 1.29 is 18.1 Å². The van der Waals surface area contributed by atoms with Crippen molar-refractivity contribution in [3.8, 4) is 11.8 Å². The lowest BCUT2D eigenvalue weighted by Crippen LogP contribution is -2.46. The second kappa shape index (κ2) is 15.1. The summed E-state index contributed by atoms with van der Waals surface area (Å²) in [6.07, 6.45) is 6.52. The van der Waals surface area contributed by atoms with Gasteiger partial charge in [0.25, 0.3) is 0 Å². The maximum atomic E-state index is 15.3. The highest BCUT2D eigenvalue weighted by atomic mass is 35.5. The van der Waals surface area contributed by atoms with Crippen LogP contribution in [0.2, 0.25) is 5.02 Å². The number of hydrogen-bond acceptors (Lipinski definition) is 5. The Hall–Kier alpha value is -2.32. The van der Waals surface area contributed by atoms with E-state index in [4.69, 9.17) is 22.1 Å². The molecule has 0 spiro atoms. The molecule has 6 rings (SSSR count). The van der Waals surface area contributed by atoms with E-state index in [2.05, 4.69) is 22.5 Å². The quantitative estimate of drug-likeness (QED) is 0.348. The Morgan fingerprint density at radius 2 is 2.05 bits per heavy atom. The smallest absolute Gasteiger partial charge is 0.241 e. The van der Waals surface area contributed by atoms with Crippen LogP contribution in [0.3, 0.4) is 0 Å². The summed E-state index contributed by atoms with van der Waals surface area (Å²) in [5.74, 6) is 6.17. The molecular weight excluding hydrogens is 587 g/mol. The third-order valence-corrected chi connectivity index (χ3v) is 11.0. The minimum Gasteiger partial charge on any atom is -0.381 e. The summed E-state index contributed by atoms with van der Waals surface area (Å²) in [4.78, 5) is 13.8. The molecule has 1 saturated carbocycles. The first kappa shape index (κ1) is 32.1. The molecule has 43 heavy (non-hydrogen) atoms. The lowest BCUT2D eigenvalue weighted by molar-refractivity contribution is -0.118. The number of rotatable bonds is 9. The van der Waals surface area contributed by atoms with Gasteiger partial charge in [0.2, 0.25) is 5.91 Å². The molecule has 1 aliphatic carbocycles. The first-order chi connectivity index (χ1) is 20.8. The molecule has 4 aliphatic rings. The topological polar surface area (TPSA) is 96.7 Å². The summed E-state index contributed by atoms with van der Waals surface area (Å²) in [6, 6.07) is 11.4. The van der Waals surface area contributed by atoms with Crippen molar-refractivity contribution >= 4 is 34.2 Å². The van der Waals surface area contributed by atoms with Crippen LogP contribution in [0.15, 0.2) is 42.5 Å². The highest BCUT2D eigenvalue weighted by Gasteiger charge is 2.36. The van der Waals surface area contributed by atoms with Gasteiger partial charge in [-0.3, -0.25) is 4.79 Å². The van der Waals surface area contributed by atoms with Gasteiger partial charge < -0.3 is 21.1 Å². The largest absolute Gasteiger partial charge is 0.381 e. The molecule has 1 amide bonds. The molecular formula is C33H42ClFN4O3S. The standard InChI is InChI=1S/C33H42ClFN4O3S/c1-42-27-9-2-6-23(20-27)31(22-12-14-24(34)15-13-22)32(36)33(40)38-30-11-3-10-29(35)28(30)17-16-26-21-37-25-7-4-18-39(26)43(41)19-5-8-25/h3,10-15,23,25-27,31-32,37H,2,5-6,8-9,16-21,36H2,1H3,(H,38,40)/t23?,25?,26-,27?,31-,32-,43?/m0/s1. The second-order valence-electron chi connectivity index (χ2n) is 11.9. The number of nitrogens with zero attached hydrogens (tertiary/aromatic N) is 1. The van der Waals surface area contributed by atoms with E-state index in [0.29, 0.717) is 48.0 Å². The number of nitrogens with one attached hydrogen (secondary N) is 2. The van der Waals surface area contributed by atoms with E-state index >= 15 is 4.39 Å². The molecule has 1 saturated heterocycles. The number of methoxy groups -OCH3 is 1. The van der Waals surface area contributed by atoms with E-state index < -0.39 is 17.0 Å². The molecule has 2 bridgehead atoms. The van der Waals surface area contributed by atoms with Crippen molar-refractivity contribution in [3.63, 3.8) is 0 Å². The number of ether oxygens (including phenoxy) is 1. The molecule has 232 valence electrons. The Bertz CT molecular complexity index is 1350. The van der Waals surface area contributed by atoms with E-state index in [1.54, 1.807) is 19.2 Å². The molecule has 8 atom stereocenters. The highest BCUT2D eigenvalue weighted by molar-refractivity contribution is 7.82. The molecule has 4 N–H and O–H groups in total. The van der Waals surface area contributed by atoms with Gasteiger partial charge in [-0.2, -0.15) is 0 Å². The van der Waals surface area contributed by atoms with Crippen LogP contribution in [0.25, 0.3) is 0 Å². The molecule has 3 heterocycles. The average Bonchev–Trinajstić information content (AvgIpc) is 3.13. The Morgan fingerprint density at radius 1 is 1.23 bits per heavy atom. The highest BCUT2D eigenvalue weighted by Crippen LogP contribution is 2.39. The van der Waals surface area contributed by atoms with E-state index in [-0.39, 0.29) is 41.7 Å². The Kier molecular flexibility index (Phi) is 11.3. The van der Waals surface area contributed by atoms with Crippen LogP contribution in [-0.2, 0) is 26.9 Å². The molecule has 2 fully saturated rings. The fraction of sp³-hybridized carbons (Fsp3) is 0.545. The summed E-state index contributed by atoms with van der Waals surface area (Å²) in [5, 5.41) is 7.10. The van der Waals surface area contributed by atoms with Crippen LogP contribution < -0.4 is 16.4 Å². The molecule has 0 radical (unpaired) electrons. The van der Waals surface area contributed by atoms with Crippen molar-refractivity contribution in [1.29, 1.82) is 0 Å². The van der Waals surface area contributed by atoms with Crippen LogP contribution in [0.5, 0.6) is 0 Å². The molecule has 5 unspecified atom stereocenters. The van der Waals surface area contributed by atoms with Gasteiger partial charge in [0, 0.05) is 47.6 Å². The van der Waals surface area contributed by atoms with E-state index in [0.717, 1.165) is 44.1 Å². The number of amides is 1. The van der Waals surface area contributed by atoms with Crippen molar-refractivity contribution in [2.75, 3.05) is 31.3 Å². The maximum absolute atomic E-state index is 15.3. The zero-order valence-electron chi connectivity index (χ0n) is 24.7. The number of fused-ring (bicyclic) bond motifs is 6. The predicted octanol–water partition coefficient (Wildman–Crippen LogP) is 4.77. The number of nitrogens with two attached hydrogens (primary N) is 1. The SMILES string of the molecule is COC1CCCC([C@H](c2ccc(Cl)cc2)[C@H](N)C(=O)Nc2cccc(F)c2CC[C@H]2CNC3C#CCN2S(=O)CCC3)C1. The van der Waals surface area contributed by atoms with Gasteiger partial charge in [-0.1, -0.05) is 48.1 Å². The van der Waals surface area contributed by atoms with Crippen LogP contribution in [0, 0.1) is 23.6 Å². The number of benzene rings is 2. The summed E-state index contributed by atoms with van der Waals surface area (Å²) in [5.41, 5.74) is 8.55. The number of carbonyl (C=O) groups excluding carboxylic acids is 1. The monoisotopic (exact) mass is 628 g/mol. The zero-order valence-corrected chi connectivity index (χ0v) is 26.3. The lowest BCUT2D eigenvalue weighted by atomic mass is 9.72. The van der Waals surface area contributed by atoms with Gasteiger partial charge in [0.05, 0.1) is 35.7 Å². The van der Waals surface area contributed by atoms with Gasteiger partial charge in [-0.05, 0) is 80.7 Å². The third-order valence-electron chi connectivity index (χ3n) is 9.15. The van der Waals surface area contributed by atoms with Gasteiger partial charge in [0.15, 0.2) is 0 Å². The van der Waals surface area contributed by atoms with Crippen molar-refractivity contribution in [2.24, 2.45) is 11.7 Å².